The van der Waals surface area contributed by atoms with Gasteiger partial charge in [-0.25, -0.2) is 13.6 Å². The van der Waals surface area contributed by atoms with Gasteiger partial charge in [0.1, 0.15) is 11.8 Å². The van der Waals surface area contributed by atoms with E-state index in [4.69, 9.17) is 15.2 Å². The summed E-state index contributed by atoms with van der Waals surface area (Å²) in [5.74, 6) is -1.35. The van der Waals surface area contributed by atoms with E-state index >= 15 is 0 Å². The first-order valence-corrected chi connectivity index (χ1v) is 8.12. The molecule has 8 heteroatoms. The highest BCUT2D eigenvalue weighted by Crippen LogP contribution is 2.39. The number of cyclic esters (lactones) is 1. The van der Waals surface area contributed by atoms with E-state index in [2.05, 4.69) is 0 Å². The maximum atomic E-state index is 14.7. The van der Waals surface area contributed by atoms with E-state index in [0.717, 1.165) is 12.8 Å². The van der Waals surface area contributed by atoms with Crippen LogP contribution in [-0.2, 0) is 9.47 Å². The quantitative estimate of drug-likeness (QED) is 0.906. The topological polar surface area (TPSA) is 68.0 Å². The monoisotopic (exact) mass is 339 g/mol. The summed E-state index contributed by atoms with van der Waals surface area (Å²) in [6.07, 6.45) is 0.631. The predicted molar refractivity (Wildman–Crippen MR) is 83.1 cm³/mol. The van der Waals surface area contributed by atoms with Gasteiger partial charge in [-0.3, -0.25) is 4.90 Å². The fourth-order valence-electron chi connectivity index (χ4n) is 3.80. The van der Waals surface area contributed by atoms with Crippen molar-refractivity contribution in [2.75, 3.05) is 36.1 Å². The Balaban J connectivity index is 1.66. The highest BCUT2D eigenvalue weighted by Gasteiger charge is 2.40. The number of hydrogen-bond donors (Lipinski definition) is 1. The number of nitrogens with zero attached hydrogens (tertiary/aromatic N) is 2. The summed E-state index contributed by atoms with van der Waals surface area (Å²) in [5.41, 5.74) is 5.60. The normalized spacial score (nSPS) is 29.3. The fraction of sp³-hybridized carbons (Fsp3) is 0.562. The zero-order valence-electron chi connectivity index (χ0n) is 13.1. The van der Waals surface area contributed by atoms with Crippen LogP contribution in [0.15, 0.2) is 12.1 Å². The first-order chi connectivity index (χ1) is 11.6. The number of rotatable bonds is 3. The van der Waals surface area contributed by atoms with Crippen LogP contribution < -0.4 is 15.5 Å². The van der Waals surface area contributed by atoms with Crippen LogP contribution in [0.1, 0.15) is 12.8 Å². The van der Waals surface area contributed by atoms with Crippen LogP contribution in [0.25, 0.3) is 0 Å². The SMILES string of the molecule is NCC1CN(c2cc(F)c(N3C4CCC3COC4)c(F)c2)C(=O)O1. The Hall–Kier alpha value is -1.93. The van der Waals surface area contributed by atoms with E-state index in [1.807, 2.05) is 0 Å². The molecule has 4 rings (SSSR count). The molecule has 130 valence electrons. The number of morpholine rings is 1. The molecule has 2 N–H and O–H groups in total. The van der Waals surface area contributed by atoms with Crippen molar-refractivity contribution >= 4 is 17.5 Å². The van der Waals surface area contributed by atoms with Gasteiger partial charge in [0.05, 0.1) is 37.5 Å². The smallest absolute Gasteiger partial charge is 0.414 e. The van der Waals surface area contributed by atoms with Crippen LogP contribution in [-0.4, -0.2) is 50.6 Å². The molecule has 3 aliphatic rings. The lowest BCUT2D eigenvalue weighted by Crippen LogP contribution is -2.46. The Morgan fingerprint density at radius 1 is 1.17 bits per heavy atom. The number of nitrogens with two attached hydrogens (primary N) is 1. The standard InChI is InChI=1S/C16H19F2N3O3/c17-13-3-11(20-6-12(5-19)24-16(20)22)4-14(18)15(13)21-9-1-2-10(21)8-23-7-9/h3-4,9-10,12H,1-2,5-8,19H2. The molecule has 0 spiro atoms. The van der Waals surface area contributed by atoms with Crippen molar-refractivity contribution in [3.8, 4) is 0 Å². The Bertz CT molecular complexity index is 633. The Kier molecular flexibility index (Phi) is 3.80. The second kappa shape index (κ2) is 5.86. The zero-order valence-corrected chi connectivity index (χ0v) is 13.1. The van der Waals surface area contributed by atoms with Crippen LogP contribution in [0.2, 0.25) is 0 Å². The van der Waals surface area contributed by atoms with Crippen LogP contribution in [0.3, 0.4) is 0 Å². The molecule has 0 aliphatic carbocycles. The van der Waals surface area contributed by atoms with Crippen LogP contribution >= 0.6 is 0 Å². The lowest BCUT2D eigenvalue weighted by atomic mass is 10.1. The number of carbonyl (C=O) groups excluding carboxylic acids is 1. The molecule has 3 saturated heterocycles. The molecule has 3 unspecified atom stereocenters. The summed E-state index contributed by atoms with van der Waals surface area (Å²) >= 11 is 0. The highest BCUT2D eigenvalue weighted by molar-refractivity contribution is 5.90. The molecular formula is C16H19F2N3O3. The van der Waals surface area contributed by atoms with Gasteiger partial charge >= 0.3 is 6.09 Å². The van der Waals surface area contributed by atoms with Gasteiger partial charge in [-0.1, -0.05) is 0 Å². The van der Waals surface area contributed by atoms with E-state index in [1.165, 1.54) is 17.0 Å². The number of anilines is 2. The lowest BCUT2D eigenvalue weighted by Gasteiger charge is -2.37. The van der Waals surface area contributed by atoms with E-state index < -0.39 is 23.8 Å². The molecule has 0 aromatic heterocycles. The zero-order chi connectivity index (χ0) is 16.8. The third-order valence-corrected chi connectivity index (χ3v) is 4.95. The van der Waals surface area contributed by atoms with Crippen LogP contribution in [0.5, 0.6) is 0 Å². The summed E-state index contributed by atoms with van der Waals surface area (Å²) in [6, 6.07) is 2.37. The second-order valence-electron chi connectivity index (χ2n) is 6.44. The summed E-state index contributed by atoms with van der Waals surface area (Å²) in [5, 5.41) is 0. The first kappa shape index (κ1) is 15.6. The fourth-order valence-corrected chi connectivity index (χ4v) is 3.80. The number of hydrogen-bond acceptors (Lipinski definition) is 5. The number of amides is 1. The molecule has 1 aromatic carbocycles. The minimum atomic E-state index is -0.673. The third kappa shape index (κ3) is 2.41. The van der Waals surface area contributed by atoms with Gasteiger partial charge in [0.2, 0.25) is 0 Å². The summed E-state index contributed by atoms with van der Waals surface area (Å²) < 4.78 is 39.9. The molecule has 1 aromatic rings. The van der Waals surface area contributed by atoms with Gasteiger partial charge in [0.25, 0.3) is 0 Å². The Labute approximate surface area is 138 Å². The van der Waals surface area contributed by atoms with E-state index in [0.29, 0.717) is 13.2 Å². The molecule has 0 radical (unpaired) electrons. The van der Waals surface area contributed by atoms with Crippen molar-refractivity contribution in [1.29, 1.82) is 0 Å². The average Bonchev–Trinajstić information content (AvgIpc) is 3.03. The number of carbonyl (C=O) groups is 1. The Morgan fingerprint density at radius 2 is 1.79 bits per heavy atom. The number of ether oxygens (including phenoxy) is 2. The van der Waals surface area contributed by atoms with Gasteiger partial charge in [0, 0.05) is 18.7 Å². The largest absolute Gasteiger partial charge is 0.443 e. The molecule has 24 heavy (non-hydrogen) atoms. The van der Waals surface area contributed by atoms with E-state index in [9.17, 15) is 13.6 Å². The molecule has 3 heterocycles. The molecule has 3 aliphatic heterocycles. The minimum Gasteiger partial charge on any atom is -0.443 e. The van der Waals surface area contributed by atoms with Gasteiger partial charge in [-0.2, -0.15) is 0 Å². The van der Waals surface area contributed by atoms with E-state index in [-0.39, 0.29) is 36.5 Å². The molecule has 6 nitrogen and oxygen atoms in total. The van der Waals surface area contributed by atoms with Crippen molar-refractivity contribution in [3.05, 3.63) is 23.8 Å². The Morgan fingerprint density at radius 3 is 2.33 bits per heavy atom. The van der Waals surface area contributed by atoms with Crippen LogP contribution in [0, 0.1) is 11.6 Å². The number of halogens is 2. The summed E-state index contributed by atoms with van der Waals surface area (Å²) in [4.78, 5) is 14.8. The molecule has 2 bridgehead atoms. The van der Waals surface area contributed by atoms with Gasteiger partial charge < -0.3 is 20.1 Å². The molecular weight excluding hydrogens is 320 g/mol. The maximum absolute atomic E-state index is 14.7. The number of fused-ring (bicyclic) bond motifs is 2. The molecule has 1 amide bonds. The number of benzene rings is 1. The minimum absolute atomic E-state index is 0.00280. The molecule has 3 fully saturated rings. The average molecular weight is 339 g/mol. The highest BCUT2D eigenvalue weighted by atomic mass is 19.1. The van der Waals surface area contributed by atoms with Crippen molar-refractivity contribution < 1.29 is 23.0 Å². The second-order valence-corrected chi connectivity index (χ2v) is 6.44. The van der Waals surface area contributed by atoms with E-state index in [1.54, 1.807) is 4.90 Å². The maximum Gasteiger partial charge on any atom is 0.414 e. The molecule has 3 atom stereocenters. The van der Waals surface area contributed by atoms with Crippen molar-refractivity contribution in [3.63, 3.8) is 0 Å². The molecule has 0 saturated carbocycles. The first-order valence-electron chi connectivity index (χ1n) is 8.12. The summed E-state index contributed by atoms with van der Waals surface area (Å²) in [6.45, 7) is 1.32. The van der Waals surface area contributed by atoms with Gasteiger partial charge in [-0.05, 0) is 12.8 Å². The van der Waals surface area contributed by atoms with Gasteiger partial charge in [-0.15, -0.1) is 0 Å². The summed E-state index contributed by atoms with van der Waals surface area (Å²) in [7, 11) is 0. The van der Waals surface area contributed by atoms with Crippen molar-refractivity contribution in [2.24, 2.45) is 5.73 Å². The van der Waals surface area contributed by atoms with Crippen LogP contribution in [0.4, 0.5) is 25.0 Å². The van der Waals surface area contributed by atoms with Crippen molar-refractivity contribution in [1.82, 2.24) is 0 Å². The van der Waals surface area contributed by atoms with Crippen molar-refractivity contribution in [2.45, 2.75) is 31.0 Å². The lowest BCUT2D eigenvalue weighted by molar-refractivity contribution is 0.0898. The predicted octanol–water partition coefficient (Wildman–Crippen LogP) is 1.62. The van der Waals surface area contributed by atoms with Gasteiger partial charge in [0.15, 0.2) is 11.6 Å². The third-order valence-electron chi connectivity index (χ3n) is 4.95.